The van der Waals surface area contributed by atoms with E-state index >= 15 is 0 Å². The highest BCUT2D eigenvalue weighted by molar-refractivity contribution is 8.26. The van der Waals surface area contributed by atoms with E-state index < -0.39 is 5.97 Å². The van der Waals surface area contributed by atoms with Crippen molar-refractivity contribution in [3.05, 3.63) is 51.4 Å². The molecule has 0 radical (unpaired) electrons. The molecule has 1 saturated heterocycles. The molecule has 7 nitrogen and oxygen atoms in total. The Morgan fingerprint density at radius 2 is 1.97 bits per heavy atom. The highest BCUT2D eigenvalue weighted by atomic mass is 32.2. The van der Waals surface area contributed by atoms with Crippen LogP contribution in [0.3, 0.4) is 0 Å². The van der Waals surface area contributed by atoms with Gasteiger partial charge in [-0.3, -0.25) is 14.5 Å². The van der Waals surface area contributed by atoms with Gasteiger partial charge in [0.25, 0.3) is 5.91 Å². The SMILES string of the molecule is COC(=O)c1ccc(/C=C2\SC(=S)N(CCCCCC(=O)Nc3nc(C)cs3)C2=O)cc1. The second-order valence-electron chi connectivity index (χ2n) is 7.10. The standard InChI is InChI=1S/C22H23N3O4S3/c1-14-13-31-21(23-14)24-18(26)6-4-3-5-11-25-19(27)17(32-22(25)30)12-15-7-9-16(10-8-15)20(28)29-2/h7-10,12-13H,3-6,11H2,1-2H3,(H,23,24,26)/b17-12-. The summed E-state index contributed by atoms with van der Waals surface area (Å²) in [5, 5.41) is 5.31. The fourth-order valence-electron chi connectivity index (χ4n) is 3.00. The zero-order chi connectivity index (χ0) is 23.1. The molecule has 0 aliphatic carbocycles. The van der Waals surface area contributed by atoms with Gasteiger partial charge in [0.1, 0.15) is 4.32 Å². The van der Waals surface area contributed by atoms with Crippen molar-refractivity contribution in [1.29, 1.82) is 0 Å². The van der Waals surface area contributed by atoms with E-state index in [0.717, 1.165) is 30.5 Å². The number of carbonyl (C=O) groups excluding carboxylic acids is 3. The molecule has 0 bridgehead atoms. The molecule has 2 heterocycles. The van der Waals surface area contributed by atoms with Crippen LogP contribution < -0.4 is 5.32 Å². The van der Waals surface area contributed by atoms with Gasteiger partial charge in [-0.2, -0.15) is 0 Å². The third-order valence-electron chi connectivity index (χ3n) is 4.65. The summed E-state index contributed by atoms with van der Waals surface area (Å²) in [6.07, 6.45) is 4.49. The molecule has 0 unspecified atom stereocenters. The van der Waals surface area contributed by atoms with Crippen LogP contribution >= 0.6 is 35.3 Å². The molecule has 1 N–H and O–H groups in total. The van der Waals surface area contributed by atoms with E-state index in [4.69, 9.17) is 12.2 Å². The van der Waals surface area contributed by atoms with E-state index in [9.17, 15) is 14.4 Å². The summed E-state index contributed by atoms with van der Waals surface area (Å²) in [7, 11) is 1.33. The van der Waals surface area contributed by atoms with Crippen molar-refractivity contribution in [1.82, 2.24) is 9.88 Å². The average Bonchev–Trinajstić information content (AvgIpc) is 3.30. The summed E-state index contributed by atoms with van der Waals surface area (Å²) in [5.41, 5.74) is 2.15. The van der Waals surface area contributed by atoms with E-state index in [2.05, 4.69) is 15.0 Å². The number of amides is 2. The van der Waals surface area contributed by atoms with Gasteiger partial charge >= 0.3 is 5.97 Å². The van der Waals surface area contributed by atoms with Gasteiger partial charge in [0.2, 0.25) is 5.91 Å². The number of anilines is 1. The van der Waals surface area contributed by atoms with Gasteiger partial charge in [-0.25, -0.2) is 9.78 Å². The number of rotatable bonds is 9. The number of hydrogen-bond donors (Lipinski definition) is 1. The lowest BCUT2D eigenvalue weighted by Gasteiger charge is -2.14. The first-order valence-corrected chi connectivity index (χ1v) is 12.1. The van der Waals surface area contributed by atoms with E-state index in [1.165, 1.54) is 30.2 Å². The zero-order valence-corrected chi connectivity index (χ0v) is 20.2. The lowest BCUT2D eigenvalue weighted by Crippen LogP contribution is -2.29. The topological polar surface area (TPSA) is 88.6 Å². The van der Waals surface area contributed by atoms with E-state index in [1.807, 2.05) is 12.3 Å². The van der Waals surface area contributed by atoms with Crippen LogP contribution in [0.4, 0.5) is 5.13 Å². The van der Waals surface area contributed by atoms with Crippen LogP contribution in [0, 0.1) is 6.92 Å². The molecule has 2 aromatic rings. The number of esters is 1. The number of ether oxygens (including phenoxy) is 1. The van der Waals surface area contributed by atoms with Crippen molar-refractivity contribution in [3.63, 3.8) is 0 Å². The first-order chi connectivity index (χ1) is 15.4. The summed E-state index contributed by atoms with van der Waals surface area (Å²) in [5.74, 6) is -0.571. The monoisotopic (exact) mass is 489 g/mol. The largest absolute Gasteiger partial charge is 0.465 e. The van der Waals surface area contributed by atoms with E-state index in [-0.39, 0.29) is 11.8 Å². The molecule has 1 aromatic carbocycles. The van der Waals surface area contributed by atoms with E-state index in [0.29, 0.717) is 32.9 Å². The predicted octanol–water partition coefficient (Wildman–Crippen LogP) is 4.64. The average molecular weight is 490 g/mol. The summed E-state index contributed by atoms with van der Waals surface area (Å²) >= 11 is 8.06. The van der Waals surface area contributed by atoms with Gasteiger partial charge in [-0.05, 0) is 43.5 Å². The Kier molecular flexibility index (Phi) is 8.54. The number of thiocarbonyl (C=S) groups is 1. The van der Waals surface area contributed by atoms with Crippen molar-refractivity contribution < 1.29 is 19.1 Å². The van der Waals surface area contributed by atoms with Crippen molar-refractivity contribution in [2.75, 3.05) is 19.0 Å². The third-order valence-corrected chi connectivity index (χ3v) is 6.91. The molecule has 10 heteroatoms. The van der Waals surface area contributed by atoms with Crippen LogP contribution in [0.25, 0.3) is 6.08 Å². The summed E-state index contributed by atoms with van der Waals surface area (Å²) in [6.45, 7) is 2.41. The number of thioether (sulfide) groups is 1. The molecule has 1 aliphatic rings. The molecule has 32 heavy (non-hydrogen) atoms. The number of aryl methyl sites for hydroxylation is 1. The molecule has 0 saturated carbocycles. The zero-order valence-electron chi connectivity index (χ0n) is 17.8. The molecule has 1 fully saturated rings. The number of methoxy groups -OCH3 is 1. The Bertz CT molecular complexity index is 1050. The molecular formula is C22H23N3O4S3. The van der Waals surface area contributed by atoms with Crippen molar-refractivity contribution in [2.24, 2.45) is 0 Å². The van der Waals surface area contributed by atoms with Crippen molar-refractivity contribution in [3.8, 4) is 0 Å². The molecule has 0 atom stereocenters. The number of carbonyl (C=O) groups is 3. The fourth-order valence-corrected chi connectivity index (χ4v) is 5.02. The van der Waals surface area contributed by atoms with Gasteiger partial charge < -0.3 is 10.1 Å². The first-order valence-electron chi connectivity index (χ1n) is 10.0. The van der Waals surface area contributed by atoms with Crippen molar-refractivity contribution in [2.45, 2.75) is 32.6 Å². The molecular weight excluding hydrogens is 466 g/mol. The number of nitrogens with one attached hydrogen (secondary N) is 1. The van der Waals surface area contributed by atoms with Crippen LogP contribution in [0.15, 0.2) is 34.6 Å². The predicted molar refractivity (Wildman–Crippen MR) is 132 cm³/mol. The van der Waals surface area contributed by atoms with Gasteiger partial charge in [-0.1, -0.05) is 42.5 Å². The Hall–Kier alpha value is -2.56. The van der Waals surface area contributed by atoms with Crippen LogP contribution in [-0.2, 0) is 14.3 Å². The highest BCUT2D eigenvalue weighted by Gasteiger charge is 2.31. The second kappa shape index (κ2) is 11.3. The second-order valence-corrected chi connectivity index (χ2v) is 9.63. The van der Waals surface area contributed by atoms with Gasteiger partial charge in [0.15, 0.2) is 5.13 Å². The number of thiazole rings is 1. The third kappa shape index (κ3) is 6.47. The number of hydrogen-bond acceptors (Lipinski definition) is 8. The molecule has 1 aromatic heterocycles. The van der Waals surface area contributed by atoms with Crippen LogP contribution in [-0.4, -0.2) is 45.6 Å². The summed E-state index contributed by atoms with van der Waals surface area (Å²) in [6, 6.07) is 6.84. The highest BCUT2D eigenvalue weighted by Crippen LogP contribution is 2.32. The maximum Gasteiger partial charge on any atom is 0.337 e. The molecule has 2 amide bonds. The van der Waals surface area contributed by atoms with Crippen LogP contribution in [0.5, 0.6) is 0 Å². The molecule has 3 rings (SSSR count). The lowest BCUT2D eigenvalue weighted by atomic mass is 10.1. The number of benzene rings is 1. The fraction of sp³-hybridized carbons (Fsp3) is 0.318. The van der Waals surface area contributed by atoms with E-state index in [1.54, 1.807) is 35.2 Å². The number of nitrogens with zero attached hydrogens (tertiary/aromatic N) is 2. The van der Waals surface area contributed by atoms with Gasteiger partial charge in [0.05, 0.1) is 23.3 Å². The molecule has 168 valence electrons. The first kappa shape index (κ1) is 24.1. The Labute approximate surface area is 200 Å². The molecule has 1 aliphatic heterocycles. The number of aromatic nitrogens is 1. The Morgan fingerprint density at radius 3 is 2.62 bits per heavy atom. The minimum absolute atomic E-state index is 0.0499. The quantitative estimate of drug-likeness (QED) is 0.238. The van der Waals surface area contributed by atoms with Crippen LogP contribution in [0.2, 0.25) is 0 Å². The van der Waals surface area contributed by atoms with Crippen molar-refractivity contribution >= 4 is 68.6 Å². The Morgan fingerprint density at radius 1 is 1.22 bits per heavy atom. The van der Waals surface area contributed by atoms with Gasteiger partial charge in [0, 0.05) is 18.3 Å². The maximum atomic E-state index is 12.7. The number of unbranched alkanes of at least 4 members (excludes halogenated alkanes) is 2. The maximum absolute atomic E-state index is 12.7. The summed E-state index contributed by atoms with van der Waals surface area (Å²) in [4.78, 5) is 42.6. The lowest BCUT2D eigenvalue weighted by molar-refractivity contribution is -0.122. The smallest absolute Gasteiger partial charge is 0.337 e. The van der Waals surface area contributed by atoms with Crippen LogP contribution in [0.1, 0.15) is 47.3 Å². The van der Waals surface area contributed by atoms with Gasteiger partial charge in [-0.15, -0.1) is 11.3 Å². The summed E-state index contributed by atoms with van der Waals surface area (Å²) < 4.78 is 5.22. The Balaban J connectivity index is 1.44. The minimum atomic E-state index is -0.404. The minimum Gasteiger partial charge on any atom is -0.465 e. The normalized spacial score (nSPS) is 14.8. The molecule has 0 spiro atoms.